The smallest absolute Gasteiger partial charge is 0.244 e. The highest BCUT2D eigenvalue weighted by molar-refractivity contribution is 6.31. The summed E-state index contributed by atoms with van der Waals surface area (Å²) < 4.78 is 14.7. The summed E-state index contributed by atoms with van der Waals surface area (Å²) in [6.07, 6.45) is 7.85. The summed E-state index contributed by atoms with van der Waals surface area (Å²) in [4.78, 5) is 14.9. The fourth-order valence-corrected chi connectivity index (χ4v) is 4.05. The lowest BCUT2D eigenvalue weighted by molar-refractivity contribution is -0.117. The Labute approximate surface area is 169 Å². The zero-order valence-electron chi connectivity index (χ0n) is 15.9. The number of likely N-dealkylation sites (tertiary alicyclic amines) is 1. The molecule has 5 nitrogen and oxygen atoms in total. The third-order valence-corrected chi connectivity index (χ3v) is 5.82. The van der Waals surface area contributed by atoms with Gasteiger partial charge in [0.2, 0.25) is 5.91 Å². The first-order valence-corrected chi connectivity index (χ1v) is 10.1. The summed E-state index contributed by atoms with van der Waals surface area (Å²) >= 11 is 6.45. The van der Waals surface area contributed by atoms with Crippen LogP contribution in [0, 0.1) is 12.7 Å². The summed E-state index contributed by atoms with van der Waals surface area (Å²) in [7, 11) is 0. The van der Waals surface area contributed by atoms with Gasteiger partial charge in [0.15, 0.2) is 0 Å². The lowest BCUT2D eigenvalue weighted by atomic mass is 10.0. The third-order valence-electron chi connectivity index (χ3n) is 5.46. The first kappa shape index (κ1) is 19.2. The summed E-state index contributed by atoms with van der Waals surface area (Å²) in [6, 6.07) is 6.97. The summed E-state index contributed by atoms with van der Waals surface area (Å²) in [5.74, 6) is -0.432. The Hall–Kier alpha value is -2.18. The summed E-state index contributed by atoms with van der Waals surface area (Å²) in [5, 5.41) is 7.89. The van der Waals surface area contributed by atoms with Crippen molar-refractivity contribution in [2.45, 2.75) is 44.7 Å². The Morgan fingerprint density at radius 3 is 2.54 bits per heavy atom. The van der Waals surface area contributed by atoms with Crippen LogP contribution in [-0.2, 0) is 4.79 Å². The van der Waals surface area contributed by atoms with Crippen molar-refractivity contribution in [3.05, 3.63) is 52.6 Å². The number of piperidine rings is 1. The van der Waals surface area contributed by atoms with Gasteiger partial charge in [0.25, 0.3) is 0 Å². The number of amides is 1. The lowest BCUT2D eigenvalue weighted by Gasteiger charge is -2.32. The Bertz CT molecular complexity index is 881. The predicted molar refractivity (Wildman–Crippen MR) is 108 cm³/mol. The molecule has 7 heteroatoms. The van der Waals surface area contributed by atoms with Crippen LogP contribution in [0.25, 0.3) is 11.8 Å². The van der Waals surface area contributed by atoms with Crippen LogP contribution in [0.15, 0.2) is 30.3 Å². The van der Waals surface area contributed by atoms with Crippen LogP contribution in [0.5, 0.6) is 0 Å². The molecular formula is C21H24ClFN4O. The van der Waals surface area contributed by atoms with Crippen LogP contribution in [0.2, 0.25) is 5.15 Å². The molecule has 4 rings (SSSR count). The van der Waals surface area contributed by atoms with E-state index in [-0.39, 0.29) is 17.8 Å². The topological polar surface area (TPSA) is 50.2 Å². The summed E-state index contributed by atoms with van der Waals surface area (Å²) in [5.41, 5.74) is 2.06. The van der Waals surface area contributed by atoms with Gasteiger partial charge in [0.05, 0.1) is 11.4 Å². The number of nitrogens with zero attached hydrogens (tertiary/aromatic N) is 3. The molecular weight excluding hydrogens is 379 g/mol. The van der Waals surface area contributed by atoms with E-state index in [1.807, 2.05) is 6.92 Å². The van der Waals surface area contributed by atoms with Crippen molar-refractivity contribution in [1.82, 2.24) is 20.0 Å². The van der Waals surface area contributed by atoms with Crippen LogP contribution < -0.4 is 5.32 Å². The van der Waals surface area contributed by atoms with E-state index in [4.69, 9.17) is 11.6 Å². The average Bonchev–Trinajstić information content (AvgIpc) is 3.48. The minimum Gasteiger partial charge on any atom is -0.350 e. The molecule has 0 bridgehead atoms. The molecule has 2 aromatic rings. The molecule has 0 unspecified atom stereocenters. The van der Waals surface area contributed by atoms with Gasteiger partial charge in [0, 0.05) is 36.8 Å². The monoisotopic (exact) mass is 402 g/mol. The first-order chi connectivity index (χ1) is 13.5. The number of hydrogen-bond donors (Lipinski definition) is 1. The van der Waals surface area contributed by atoms with E-state index in [1.165, 1.54) is 31.1 Å². The number of carbonyl (C=O) groups is 1. The minimum atomic E-state index is -0.316. The molecule has 1 amide bonds. The normalized spacial score (nSPS) is 18.7. The second-order valence-electron chi connectivity index (χ2n) is 7.56. The Morgan fingerprint density at radius 1 is 1.21 bits per heavy atom. The largest absolute Gasteiger partial charge is 0.350 e. The number of aryl methyl sites for hydroxylation is 1. The van der Waals surface area contributed by atoms with E-state index in [9.17, 15) is 9.18 Å². The third kappa shape index (κ3) is 4.28. The van der Waals surface area contributed by atoms with Gasteiger partial charge >= 0.3 is 0 Å². The van der Waals surface area contributed by atoms with Crippen molar-refractivity contribution in [2.75, 3.05) is 13.1 Å². The van der Waals surface area contributed by atoms with Crippen LogP contribution in [0.3, 0.4) is 0 Å². The van der Waals surface area contributed by atoms with E-state index in [2.05, 4.69) is 15.3 Å². The Kier molecular flexibility index (Phi) is 5.51. The average molecular weight is 403 g/mol. The minimum absolute atomic E-state index is 0.116. The van der Waals surface area contributed by atoms with Crippen molar-refractivity contribution in [3.8, 4) is 5.69 Å². The molecule has 2 fully saturated rings. The maximum Gasteiger partial charge on any atom is 0.244 e. The molecule has 1 saturated heterocycles. The zero-order valence-corrected chi connectivity index (χ0v) is 16.6. The van der Waals surface area contributed by atoms with E-state index < -0.39 is 0 Å². The van der Waals surface area contributed by atoms with Gasteiger partial charge in [-0.25, -0.2) is 9.07 Å². The molecule has 0 radical (unpaired) electrons. The fourth-order valence-electron chi connectivity index (χ4n) is 3.71. The van der Waals surface area contributed by atoms with Gasteiger partial charge in [-0.15, -0.1) is 0 Å². The van der Waals surface area contributed by atoms with Gasteiger partial charge in [-0.05, 0) is 62.9 Å². The van der Waals surface area contributed by atoms with Crippen LogP contribution in [0.4, 0.5) is 4.39 Å². The quantitative estimate of drug-likeness (QED) is 0.775. The highest BCUT2D eigenvalue weighted by atomic mass is 35.5. The molecule has 2 aliphatic rings. The second kappa shape index (κ2) is 8.05. The number of rotatable bonds is 5. The second-order valence-corrected chi connectivity index (χ2v) is 7.92. The predicted octanol–water partition coefficient (Wildman–Crippen LogP) is 3.73. The molecule has 1 saturated carbocycles. The molecule has 0 spiro atoms. The molecule has 1 N–H and O–H groups in total. The maximum absolute atomic E-state index is 13.1. The first-order valence-electron chi connectivity index (χ1n) is 9.75. The number of nitrogens with one attached hydrogen (secondary N) is 1. The Balaban J connectivity index is 1.38. The van der Waals surface area contributed by atoms with Gasteiger partial charge in [0.1, 0.15) is 11.0 Å². The van der Waals surface area contributed by atoms with E-state index in [0.717, 1.165) is 32.0 Å². The molecule has 1 aliphatic carbocycles. The van der Waals surface area contributed by atoms with Gasteiger partial charge in [-0.2, -0.15) is 5.10 Å². The SMILES string of the molecule is Cc1nn(-c2ccc(F)cc2)c(Cl)c1/C=C/C(=O)NC1CCN(C2CC2)CC1. The van der Waals surface area contributed by atoms with Gasteiger partial charge in [-0.1, -0.05) is 11.6 Å². The lowest BCUT2D eigenvalue weighted by Crippen LogP contribution is -2.44. The van der Waals surface area contributed by atoms with Crippen LogP contribution in [-0.4, -0.2) is 45.8 Å². The Morgan fingerprint density at radius 2 is 1.89 bits per heavy atom. The molecule has 1 aliphatic heterocycles. The van der Waals surface area contributed by atoms with Crippen molar-refractivity contribution < 1.29 is 9.18 Å². The summed E-state index contributed by atoms with van der Waals surface area (Å²) in [6.45, 7) is 3.96. The van der Waals surface area contributed by atoms with Crippen molar-refractivity contribution in [1.29, 1.82) is 0 Å². The highest BCUT2D eigenvalue weighted by Gasteiger charge is 2.31. The molecule has 2 heterocycles. The van der Waals surface area contributed by atoms with Crippen molar-refractivity contribution in [2.24, 2.45) is 0 Å². The fraction of sp³-hybridized carbons (Fsp3) is 0.429. The maximum atomic E-state index is 13.1. The van der Waals surface area contributed by atoms with E-state index >= 15 is 0 Å². The zero-order chi connectivity index (χ0) is 19.7. The molecule has 28 heavy (non-hydrogen) atoms. The standard InChI is InChI=1S/C21H24ClFN4O/c1-14-19(21(22)27(25-14)18-4-2-15(23)3-5-18)8-9-20(28)24-16-10-12-26(13-11-16)17-6-7-17/h2-5,8-9,16-17H,6-7,10-13H2,1H3,(H,24,28)/b9-8+. The van der Waals surface area contributed by atoms with Gasteiger partial charge < -0.3 is 10.2 Å². The molecule has 0 atom stereocenters. The van der Waals surface area contributed by atoms with Crippen LogP contribution in [0.1, 0.15) is 36.9 Å². The van der Waals surface area contributed by atoms with Gasteiger partial charge in [-0.3, -0.25) is 4.79 Å². The van der Waals surface area contributed by atoms with Crippen molar-refractivity contribution >= 4 is 23.6 Å². The molecule has 1 aromatic carbocycles. The highest BCUT2D eigenvalue weighted by Crippen LogP contribution is 2.29. The van der Waals surface area contributed by atoms with Crippen LogP contribution >= 0.6 is 11.6 Å². The van der Waals surface area contributed by atoms with E-state index in [1.54, 1.807) is 22.9 Å². The van der Waals surface area contributed by atoms with E-state index in [0.29, 0.717) is 22.1 Å². The van der Waals surface area contributed by atoms with Crippen molar-refractivity contribution in [3.63, 3.8) is 0 Å². The number of carbonyl (C=O) groups excluding carboxylic acids is 1. The number of benzene rings is 1. The number of hydrogen-bond acceptors (Lipinski definition) is 3. The molecule has 148 valence electrons. The number of aromatic nitrogens is 2. The number of halogens is 2. The molecule has 1 aromatic heterocycles.